The molecule has 7 heteroatoms. The number of halogens is 1. The van der Waals surface area contributed by atoms with Crippen molar-refractivity contribution in [3.63, 3.8) is 0 Å². The Bertz CT molecular complexity index is 972. The normalized spacial score (nSPS) is 13.0. The highest BCUT2D eigenvalue weighted by atomic mass is 35.5. The van der Waals surface area contributed by atoms with Crippen molar-refractivity contribution < 1.29 is 14.4 Å². The number of fused-ring (bicyclic) bond motifs is 1. The molecule has 0 atom stereocenters. The van der Waals surface area contributed by atoms with E-state index >= 15 is 0 Å². The topological polar surface area (TPSA) is 99.1 Å². The first-order valence-electron chi connectivity index (χ1n) is 7.17. The van der Waals surface area contributed by atoms with Gasteiger partial charge in [0, 0.05) is 5.02 Å². The summed E-state index contributed by atoms with van der Waals surface area (Å²) in [5.74, 6) is -1.79. The first kappa shape index (κ1) is 16.4. The smallest absolute Gasteiger partial charge is 0.266 e. The van der Waals surface area contributed by atoms with Crippen molar-refractivity contribution in [2.45, 2.75) is 0 Å². The highest BCUT2D eigenvalue weighted by Gasteiger charge is 2.30. The Morgan fingerprint density at radius 1 is 1.12 bits per heavy atom. The summed E-state index contributed by atoms with van der Waals surface area (Å²) in [7, 11) is 0. The molecule has 1 heterocycles. The lowest BCUT2D eigenvalue weighted by Crippen LogP contribution is -2.21. The van der Waals surface area contributed by atoms with Crippen LogP contribution in [0.2, 0.25) is 5.02 Å². The van der Waals surface area contributed by atoms with E-state index in [0.717, 1.165) is 0 Å². The molecule has 1 aliphatic heterocycles. The molecular formula is C18H10ClN3O3. The molecule has 0 fully saturated rings. The SMILES string of the molecule is N#CC(=Cc1ccc(Cl)cc1)C(=O)Nc1cccc2c1C(=O)NC2=O. The number of hydrogen-bond donors (Lipinski definition) is 2. The first-order valence-corrected chi connectivity index (χ1v) is 7.55. The van der Waals surface area contributed by atoms with Crippen molar-refractivity contribution in [3.8, 4) is 6.07 Å². The summed E-state index contributed by atoms with van der Waals surface area (Å²) in [4.78, 5) is 35.9. The maximum absolute atomic E-state index is 12.4. The monoisotopic (exact) mass is 351 g/mol. The zero-order chi connectivity index (χ0) is 18.0. The van der Waals surface area contributed by atoms with Crippen LogP contribution in [0, 0.1) is 11.3 Å². The van der Waals surface area contributed by atoms with E-state index in [4.69, 9.17) is 11.6 Å². The third-order valence-corrected chi connectivity index (χ3v) is 3.81. The zero-order valence-electron chi connectivity index (χ0n) is 12.7. The molecule has 0 radical (unpaired) electrons. The predicted molar refractivity (Wildman–Crippen MR) is 91.9 cm³/mol. The van der Waals surface area contributed by atoms with Gasteiger partial charge in [0.15, 0.2) is 0 Å². The number of benzene rings is 2. The van der Waals surface area contributed by atoms with Gasteiger partial charge in [-0.15, -0.1) is 0 Å². The fourth-order valence-electron chi connectivity index (χ4n) is 2.39. The lowest BCUT2D eigenvalue weighted by molar-refractivity contribution is -0.112. The van der Waals surface area contributed by atoms with Crippen LogP contribution in [0.5, 0.6) is 0 Å². The third kappa shape index (κ3) is 3.27. The molecule has 0 spiro atoms. The molecule has 2 aromatic rings. The van der Waals surface area contributed by atoms with E-state index < -0.39 is 17.7 Å². The Balaban J connectivity index is 1.90. The highest BCUT2D eigenvalue weighted by molar-refractivity contribution is 6.30. The Kier molecular flexibility index (Phi) is 4.33. The molecule has 6 nitrogen and oxygen atoms in total. The Morgan fingerprint density at radius 3 is 2.52 bits per heavy atom. The minimum absolute atomic E-state index is 0.0876. The van der Waals surface area contributed by atoms with Crippen LogP contribution in [-0.4, -0.2) is 17.7 Å². The van der Waals surface area contributed by atoms with Gasteiger partial charge in [0.25, 0.3) is 17.7 Å². The van der Waals surface area contributed by atoms with Crippen LogP contribution in [0.15, 0.2) is 48.0 Å². The summed E-state index contributed by atoms with van der Waals surface area (Å²) < 4.78 is 0. The van der Waals surface area contributed by atoms with Crippen molar-refractivity contribution in [2.24, 2.45) is 0 Å². The van der Waals surface area contributed by atoms with Crippen molar-refractivity contribution in [1.29, 1.82) is 5.26 Å². The lowest BCUT2D eigenvalue weighted by Gasteiger charge is -2.07. The molecule has 0 aliphatic carbocycles. The van der Waals surface area contributed by atoms with Crippen LogP contribution < -0.4 is 10.6 Å². The molecule has 0 unspecified atom stereocenters. The number of carbonyl (C=O) groups is 3. The second-order valence-corrected chi connectivity index (χ2v) is 5.62. The quantitative estimate of drug-likeness (QED) is 0.504. The van der Waals surface area contributed by atoms with Gasteiger partial charge >= 0.3 is 0 Å². The third-order valence-electron chi connectivity index (χ3n) is 3.56. The molecule has 3 amide bonds. The number of nitrogens with zero attached hydrogens (tertiary/aromatic N) is 1. The molecular weight excluding hydrogens is 342 g/mol. The maximum Gasteiger partial charge on any atom is 0.266 e. The van der Waals surface area contributed by atoms with E-state index in [2.05, 4.69) is 10.6 Å². The van der Waals surface area contributed by atoms with E-state index in [0.29, 0.717) is 10.6 Å². The number of rotatable bonds is 3. The van der Waals surface area contributed by atoms with Crippen LogP contribution in [0.4, 0.5) is 5.69 Å². The number of hydrogen-bond acceptors (Lipinski definition) is 4. The number of anilines is 1. The minimum Gasteiger partial charge on any atom is -0.321 e. The van der Waals surface area contributed by atoms with Gasteiger partial charge in [-0.1, -0.05) is 29.8 Å². The van der Waals surface area contributed by atoms with E-state index in [9.17, 15) is 19.6 Å². The number of carbonyl (C=O) groups excluding carboxylic acids is 3. The summed E-state index contributed by atoms with van der Waals surface area (Å²) >= 11 is 5.80. The second-order valence-electron chi connectivity index (χ2n) is 5.19. The van der Waals surface area contributed by atoms with Crippen molar-refractivity contribution in [1.82, 2.24) is 5.32 Å². The standard InChI is InChI=1S/C18H10ClN3O3/c19-12-6-4-10(5-7-12)8-11(9-20)16(23)21-14-3-1-2-13-15(14)18(25)22-17(13)24/h1-8H,(H,21,23)(H,22,24,25). The lowest BCUT2D eigenvalue weighted by atomic mass is 10.1. The zero-order valence-corrected chi connectivity index (χ0v) is 13.4. The Hall–Kier alpha value is -3.43. The Labute approximate surface area is 147 Å². The fourth-order valence-corrected chi connectivity index (χ4v) is 2.51. The van der Waals surface area contributed by atoms with E-state index in [-0.39, 0.29) is 22.4 Å². The predicted octanol–water partition coefficient (Wildman–Crippen LogP) is 2.77. The molecule has 3 rings (SSSR count). The average Bonchev–Trinajstić information content (AvgIpc) is 2.89. The molecule has 0 saturated heterocycles. The van der Waals surface area contributed by atoms with Crippen LogP contribution in [0.3, 0.4) is 0 Å². The number of amides is 3. The molecule has 0 aromatic heterocycles. The van der Waals surface area contributed by atoms with Gasteiger partial charge in [0.05, 0.1) is 16.8 Å². The number of nitriles is 1. The van der Waals surface area contributed by atoms with Gasteiger partial charge in [0.2, 0.25) is 0 Å². The summed E-state index contributed by atoms with van der Waals surface area (Å²) in [6.07, 6.45) is 1.40. The van der Waals surface area contributed by atoms with Gasteiger partial charge in [-0.2, -0.15) is 5.26 Å². The van der Waals surface area contributed by atoms with Gasteiger partial charge in [0.1, 0.15) is 11.6 Å². The van der Waals surface area contributed by atoms with Crippen molar-refractivity contribution >= 4 is 41.1 Å². The number of imide groups is 1. The van der Waals surface area contributed by atoms with E-state index in [1.54, 1.807) is 30.3 Å². The summed E-state index contributed by atoms with van der Waals surface area (Å²) in [5, 5.41) is 14.4. The molecule has 1 aliphatic rings. The molecule has 0 bridgehead atoms. The largest absolute Gasteiger partial charge is 0.321 e. The van der Waals surface area contributed by atoms with Crippen LogP contribution in [-0.2, 0) is 4.79 Å². The maximum atomic E-state index is 12.4. The molecule has 0 saturated carbocycles. The second kappa shape index (κ2) is 6.59. The highest BCUT2D eigenvalue weighted by Crippen LogP contribution is 2.25. The van der Waals surface area contributed by atoms with E-state index in [1.807, 2.05) is 6.07 Å². The average molecular weight is 352 g/mol. The summed E-state index contributed by atoms with van der Waals surface area (Å²) in [6.45, 7) is 0. The fraction of sp³-hybridized carbons (Fsp3) is 0. The number of nitrogens with one attached hydrogen (secondary N) is 2. The van der Waals surface area contributed by atoms with Crippen LogP contribution in [0.1, 0.15) is 26.3 Å². The molecule has 2 aromatic carbocycles. The summed E-state index contributed by atoms with van der Waals surface area (Å²) in [6, 6.07) is 13.0. The van der Waals surface area contributed by atoms with Crippen molar-refractivity contribution in [3.05, 3.63) is 69.8 Å². The minimum atomic E-state index is -0.682. The first-order chi connectivity index (χ1) is 12.0. The van der Waals surface area contributed by atoms with Crippen molar-refractivity contribution in [2.75, 3.05) is 5.32 Å². The van der Waals surface area contributed by atoms with Gasteiger partial charge in [-0.3, -0.25) is 19.7 Å². The summed E-state index contributed by atoms with van der Waals surface area (Å²) in [5.41, 5.74) is 0.919. The van der Waals surface area contributed by atoms with Gasteiger partial charge in [-0.05, 0) is 35.9 Å². The van der Waals surface area contributed by atoms with E-state index in [1.165, 1.54) is 18.2 Å². The Morgan fingerprint density at radius 2 is 1.84 bits per heavy atom. The van der Waals surface area contributed by atoms with Gasteiger partial charge in [-0.25, -0.2) is 0 Å². The van der Waals surface area contributed by atoms with Crippen LogP contribution >= 0.6 is 11.6 Å². The molecule has 122 valence electrons. The van der Waals surface area contributed by atoms with Gasteiger partial charge < -0.3 is 5.32 Å². The van der Waals surface area contributed by atoms with Crippen LogP contribution in [0.25, 0.3) is 6.08 Å². The molecule has 2 N–H and O–H groups in total. The molecule has 25 heavy (non-hydrogen) atoms.